The van der Waals surface area contributed by atoms with E-state index in [0.717, 1.165) is 53.7 Å². The van der Waals surface area contributed by atoms with E-state index in [1.165, 1.54) is 6.07 Å². The third-order valence-corrected chi connectivity index (χ3v) is 6.47. The fourth-order valence-electron chi connectivity index (χ4n) is 3.81. The van der Waals surface area contributed by atoms with Gasteiger partial charge in [-0.3, -0.25) is 4.98 Å². The monoisotopic (exact) mass is 440 g/mol. The Kier molecular flexibility index (Phi) is 5.10. The first kappa shape index (κ1) is 19.7. The number of hydrogen-bond donors (Lipinski definition) is 2. The topological polar surface area (TPSA) is 54.4 Å². The van der Waals surface area contributed by atoms with Gasteiger partial charge in [-0.15, -0.1) is 0 Å². The van der Waals surface area contributed by atoms with Crippen molar-refractivity contribution in [2.24, 2.45) is 0 Å². The minimum absolute atomic E-state index is 0.00614. The Labute approximate surface area is 185 Å². The van der Waals surface area contributed by atoms with Crippen LogP contribution >= 0.6 is 23.2 Å². The molecular weight excluding hydrogens is 419 g/mol. The van der Waals surface area contributed by atoms with E-state index in [2.05, 4.69) is 22.4 Å². The maximum absolute atomic E-state index is 9.74. The molecule has 2 fully saturated rings. The van der Waals surface area contributed by atoms with Gasteiger partial charge in [0, 0.05) is 41.1 Å². The number of hydrogen-bond acceptors (Lipinski definition) is 4. The summed E-state index contributed by atoms with van der Waals surface area (Å²) in [6.07, 6.45) is 8.40. The van der Waals surface area contributed by atoms with Crippen molar-refractivity contribution in [1.29, 1.82) is 0 Å². The summed E-state index contributed by atoms with van der Waals surface area (Å²) in [6.45, 7) is 0.549. The lowest BCUT2D eigenvalue weighted by Gasteiger charge is -2.22. The van der Waals surface area contributed by atoms with Gasteiger partial charge in [0.15, 0.2) is 0 Å². The average Bonchev–Trinajstić information content (AvgIpc) is 3.67. The Morgan fingerprint density at radius 2 is 1.87 bits per heavy atom. The van der Waals surface area contributed by atoms with E-state index >= 15 is 0 Å². The zero-order chi connectivity index (χ0) is 20.7. The number of phenolic OH excluding ortho intramolecular Hbond substituents is 1. The number of nitrogens with one attached hydrogen (secondary N) is 1. The van der Waals surface area contributed by atoms with Crippen molar-refractivity contribution in [2.45, 2.75) is 43.9 Å². The van der Waals surface area contributed by atoms with E-state index in [9.17, 15) is 5.11 Å². The molecule has 2 aliphatic rings. The van der Waals surface area contributed by atoms with Crippen molar-refractivity contribution < 1.29 is 9.84 Å². The first-order valence-electron chi connectivity index (χ1n) is 10.2. The second-order valence-corrected chi connectivity index (χ2v) is 8.88. The molecule has 154 valence electrons. The Hall–Kier alpha value is -2.27. The van der Waals surface area contributed by atoms with Crippen molar-refractivity contribution in [2.75, 3.05) is 0 Å². The molecule has 6 heteroatoms. The Balaban J connectivity index is 1.45. The normalized spacial score (nSPS) is 17.0. The second kappa shape index (κ2) is 7.77. The van der Waals surface area contributed by atoms with Gasteiger partial charge in [-0.2, -0.15) is 0 Å². The number of aromatic hydroxyl groups is 1. The van der Waals surface area contributed by atoms with Crippen LogP contribution in [0.2, 0.25) is 10.0 Å². The lowest BCUT2D eigenvalue weighted by Crippen LogP contribution is -2.29. The standard InChI is InChI=1S/C24H22Cl2N2O2/c25-20-12-22(29)21(26)11-15(20)13-28-24(8-9-24)19-14-27-10-7-17(19)18-3-1-2-4-23(18)30-16-5-6-16/h1-4,7,10-12,14,16,28-29H,5-6,8-9,13H2. The van der Waals surface area contributed by atoms with Crippen LogP contribution in [0.25, 0.3) is 11.1 Å². The minimum Gasteiger partial charge on any atom is -0.506 e. The van der Waals surface area contributed by atoms with E-state index in [-0.39, 0.29) is 11.3 Å². The first-order chi connectivity index (χ1) is 14.6. The van der Waals surface area contributed by atoms with Crippen molar-refractivity contribution in [3.8, 4) is 22.6 Å². The molecule has 0 atom stereocenters. The van der Waals surface area contributed by atoms with E-state index in [1.807, 2.05) is 30.6 Å². The van der Waals surface area contributed by atoms with Crippen LogP contribution in [0, 0.1) is 0 Å². The summed E-state index contributed by atoms with van der Waals surface area (Å²) in [7, 11) is 0. The van der Waals surface area contributed by atoms with Gasteiger partial charge in [-0.1, -0.05) is 41.4 Å². The van der Waals surface area contributed by atoms with Gasteiger partial charge in [0.05, 0.1) is 11.1 Å². The third kappa shape index (κ3) is 3.87. The van der Waals surface area contributed by atoms with Crippen molar-refractivity contribution in [3.63, 3.8) is 0 Å². The number of benzene rings is 2. The van der Waals surface area contributed by atoms with Crippen LogP contribution in [0.1, 0.15) is 36.8 Å². The molecule has 0 amide bonds. The number of para-hydroxylation sites is 1. The number of halogens is 2. The molecule has 5 rings (SSSR count). The van der Waals surface area contributed by atoms with E-state index in [1.54, 1.807) is 6.07 Å². The maximum Gasteiger partial charge on any atom is 0.135 e. The van der Waals surface area contributed by atoms with Crippen LogP contribution in [0.3, 0.4) is 0 Å². The molecule has 2 saturated carbocycles. The number of rotatable bonds is 7. The number of nitrogens with zero attached hydrogens (tertiary/aromatic N) is 1. The predicted octanol–water partition coefficient (Wildman–Crippen LogP) is 6.08. The molecule has 3 aromatic rings. The molecule has 4 nitrogen and oxygen atoms in total. The Morgan fingerprint density at radius 3 is 2.63 bits per heavy atom. The summed E-state index contributed by atoms with van der Waals surface area (Å²) >= 11 is 12.4. The van der Waals surface area contributed by atoms with Crippen molar-refractivity contribution in [3.05, 3.63) is 76.0 Å². The molecule has 0 saturated heterocycles. The number of aromatic nitrogens is 1. The van der Waals surface area contributed by atoms with Crippen molar-refractivity contribution in [1.82, 2.24) is 10.3 Å². The molecule has 1 aromatic heterocycles. The number of phenols is 1. The van der Waals surface area contributed by atoms with Crippen LogP contribution in [-0.2, 0) is 12.1 Å². The van der Waals surface area contributed by atoms with Crippen molar-refractivity contribution >= 4 is 23.2 Å². The highest BCUT2D eigenvalue weighted by molar-refractivity contribution is 6.34. The van der Waals surface area contributed by atoms with Crippen LogP contribution in [0.15, 0.2) is 54.9 Å². The molecule has 1 heterocycles. The average molecular weight is 441 g/mol. The lowest BCUT2D eigenvalue weighted by atomic mass is 9.94. The number of pyridine rings is 1. The smallest absolute Gasteiger partial charge is 0.135 e. The molecule has 30 heavy (non-hydrogen) atoms. The molecule has 0 spiro atoms. The molecule has 0 unspecified atom stereocenters. The zero-order valence-corrected chi connectivity index (χ0v) is 17.9. The van der Waals surface area contributed by atoms with Gasteiger partial charge < -0.3 is 15.2 Å². The van der Waals surface area contributed by atoms with Gasteiger partial charge in [-0.25, -0.2) is 0 Å². The summed E-state index contributed by atoms with van der Waals surface area (Å²) < 4.78 is 6.17. The van der Waals surface area contributed by atoms with Crippen LogP contribution in [0.4, 0.5) is 0 Å². The summed E-state index contributed by atoms with van der Waals surface area (Å²) in [5, 5.41) is 14.2. The maximum atomic E-state index is 9.74. The summed E-state index contributed by atoms with van der Waals surface area (Å²) in [6, 6.07) is 13.5. The SMILES string of the molecule is Oc1cc(Cl)c(CNC2(c3cnccc3-c3ccccc3OC3CC3)CC2)cc1Cl. The van der Waals surface area contributed by atoms with E-state index in [0.29, 0.717) is 22.7 Å². The molecule has 2 aromatic carbocycles. The van der Waals surface area contributed by atoms with Crippen LogP contribution < -0.4 is 10.1 Å². The predicted molar refractivity (Wildman–Crippen MR) is 119 cm³/mol. The zero-order valence-electron chi connectivity index (χ0n) is 16.4. The summed E-state index contributed by atoms with van der Waals surface area (Å²) in [4.78, 5) is 4.42. The molecule has 0 bridgehead atoms. The van der Waals surface area contributed by atoms with Gasteiger partial charge in [0.2, 0.25) is 0 Å². The lowest BCUT2D eigenvalue weighted by molar-refractivity contribution is 0.304. The van der Waals surface area contributed by atoms with Crippen LogP contribution in [-0.4, -0.2) is 16.2 Å². The van der Waals surface area contributed by atoms with Crippen LogP contribution in [0.5, 0.6) is 11.5 Å². The second-order valence-electron chi connectivity index (χ2n) is 8.07. The van der Waals surface area contributed by atoms with E-state index in [4.69, 9.17) is 27.9 Å². The van der Waals surface area contributed by atoms with Gasteiger partial charge in [-0.05, 0) is 60.6 Å². The van der Waals surface area contributed by atoms with E-state index < -0.39 is 0 Å². The Morgan fingerprint density at radius 1 is 1.07 bits per heavy atom. The van der Waals surface area contributed by atoms with Gasteiger partial charge in [0.1, 0.15) is 11.5 Å². The fourth-order valence-corrected chi connectivity index (χ4v) is 4.22. The first-order valence-corrected chi connectivity index (χ1v) is 10.9. The Bertz CT molecular complexity index is 1090. The fraction of sp³-hybridized carbons (Fsp3) is 0.292. The molecule has 2 N–H and O–H groups in total. The van der Waals surface area contributed by atoms with Gasteiger partial charge >= 0.3 is 0 Å². The molecule has 0 radical (unpaired) electrons. The third-order valence-electron chi connectivity index (χ3n) is 5.81. The quantitative estimate of drug-likeness (QED) is 0.467. The number of ether oxygens (including phenoxy) is 1. The highest BCUT2D eigenvalue weighted by atomic mass is 35.5. The molecule has 2 aliphatic carbocycles. The largest absolute Gasteiger partial charge is 0.506 e. The highest BCUT2D eigenvalue weighted by Gasteiger charge is 2.45. The highest BCUT2D eigenvalue weighted by Crippen LogP contribution is 2.50. The summed E-state index contributed by atoms with van der Waals surface area (Å²) in [5.74, 6) is 0.921. The molecule has 0 aliphatic heterocycles. The van der Waals surface area contributed by atoms with Gasteiger partial charge in [0.25, 0.3) is 0 Å². The summed E-state index contributed by atoms with van der Waals surface area (Å²) in [5.41, 5.74) is 4.09. The molecular formula is C24H22Cl2N2O2. The minimum atomic E-state index is -0.163.